The van der Waals surface area contributed by atoms with Crippen LogP contribution in [0.25, 0.3) is 11.4 Å². The summed E-state index contributed by atoms with van der Waals surface area (Å²) in [4.78, 5) is 12.3. The number of nitrogens with one attached hydrogen (secondary N) is 1. The van der Waals surface area contributed by atoms with Gasteiger partial charge in [-0.1, -0.05) is 30.0 Å². The zero-order valence-electron chi connectivity index (χ0n) is 14.6. The number of nitrogen functional groups attached to an aromatic ring is 1. The lowest BCUT2D eigenvalue weighted by Gasteiger charge is -2.12. The van der Waals surface area contributed by atoms with Crippen molar-refractivity contribution in [1.29, 1.82) is 0 Å². The molecule has 0 aliphatic rings. The Morgan fingerprint density at radius 2 is 2.00 bits per heavy atom. The van der Waals surface area contributed by atoms with Gasteiger partial charge < -0.3 is 11.2 Å². The smallest absolute Gasteiger partial charge is 0.237 e. The van der Waals surface area contributed by atoms with Crippen molar-refractivity contribution in [3.63, 3.8) is 0 Å². The quantitative estimate of drug-likeness (QED) is 0.516. The maximum Gasteiger partial charge on any atom is 0.237 e. The number of amides is 1. The van der Waals surface area contributed by atoms with Crippen LogP contribution in [0.15, 0.2) is 47.6 Å². The number of halogens is 2. The lowest BCUT2D eigenvalue weighted by Crippen LogP contribution is -2.23. The van der Waals surface area contributed by atoms with E-state index in [-0.39, 0.29) is 11.7 Å². The first-order valence-corrected chi connectivity index (χ1v) is 8.93. The molecule has 0 radical (unpaired) electrons. The molecule has 1 heterocycles. The SMILES string of the molecule is Cc1ccc(NC(=O)[C@@H](C)Sc2nnc(-c3cccc(F)c3)n2N)cc1F. The average Bonchev–Trinajstić information content (AvgIpc) is 2.98. The Morgan fingerprint density at radius 3 is 2.70 bits per heavy atom. The maximum absolute atomic E-state index is 13.6. The third-order valence-electron chi connectivity index (χ3n) is 3.84. The van der Waals surface area contributed by atoms with Crippen molar-refractivity contribution in [2.75, 3.05) is 11.2 Å². The fourth-order valence-corrected chi connectivity index (χ4v) is 3.08. The van der Waals surface area contributed by atoms with Gasteiger partial charge in [0.25, 0.3) is 0 Å². The molecular formula is C18H17F2N5OS. The molecule has 0 bridgehead atoms. The van der Waals surface area contributed by atoms with E-state index < -0.39 is 16.9 Å². The third kappa shape index (κ3) is 4.25. The molecular weight excluding hydrogens is 372 g/mol. The number of carbonyl (C=O) groups is 1. The molecule has 6 nitrogen and oxygen atoms in total. The Bertz CT molecular complexity index is 992. The number of aromatic nitrogens is 3. The van der Waals surface area contributed by atoms with Crippen LogP contribution in [0.1, 0.15) is 12.5 Å². The minimum absolute atomic E-state index is 0.283. The van der Waals surface area contributed by atoms with Crippen LogP contribution in [0.4, 0.5) is 14.5 Å². The molecule has 3 N–H and O–H groups in total. The number of nitrogens with two attached hydrogens (primary N) is 1. The minimum Gasteiger partial charge on any atom is -0.335 e. The summed E-state index contributed by atoms with van der Waals surface area (Å²) in [5.74, 6) is 5.13. The molecule has 9 heteroatoms. The molecule has 0 spiro atoms. The topological polar surface area (TPSA) is 85.8 Å². The van der Waals surface area contributed by atoms with Gasteiger partial charge in [0.1, 0.15) is 11.6 Å². The van der Waals surface area contributed by atoms with Crippen molar-refractivity contribution in [2.24, 2.45) is 0 Å². The second kappa shape index (κ2) is 7.75. The monoisotopic (exact) mass is 389 g/mol. The number of nitrogens with zero attached hydrogens (tertiary/aromatic N) is 3. The van der Waals surface area contributed by atoms with Gasteiger partial charge in [0, 0.05) is 11.3 Å². The number of hydrogen-bond acceptors (Lipinski definition) is 5. The summed E-state index contributed by atoms with van der Waals surface area (Å²) in [6, 6.07) is 10.3. The second-order valence-corrected chi connectivity index (χ2v) is 7.21. The van der Waals surface area contributed by atoms with E-state index in [0.717, 1.165) is 11.8 Å². The molecule has 0 fully saturated rings. The van der Waals surface area contributed by atoms with E-state index in [4.69, 9.17) is 5.84 Å². The van der Waals surface area contributed by atoms with Crippen molar-refractivity contribution >= 4 is 23.4 Å². The van der Waals surface area contributed by atoms with E-state index in [0.29, 0.717) is 22.0 Å². The van der Waals surface area contributed by atoms with Gasteiger partial charge in [-0.05, 0) is 43.7 Å². The van der Waals surface area contributed by atoms with Gasteiger partial charge in [-0.15, -0.1) is 10.2 Å². The largest absolute Gasteiger partial charge is 0.335 e. The molecule has 1 aromatic heterocycles. The molecule has 3 aromatic rings. The third-order valence-corrected chi connectivity index (χ3v) is 4.89. The average molecular weight is 389 g/mol. The first kappa shape index (κ1) is 18.8. The Hall–Kier alpha value is -2.94. The van der Waals surface area contributed by atoms with Crippen LogP contribution in [-0.2, 0) is 4.79 Å². The minimum atomic E-state index is -0.568. The molecule has 0 saturated carbocycles. The number of hydrogen-bond donors (Lipinski definition) is 2. The van der Waals surface area contributed by atoms with E-state index in [1.807, 2.05) is 0 Å². The van der Waals surface area contributed by atoms with Gasteiger partial charge in [0.05, 0.1) is 5.25 Å². The van der Waals surface area contributed by atoms with E-state index in [1.165, 1.54) is 22.9 Å². The van der Waals surface area contributed by atoms with Crippen LogP contribution in [0, 0.1) is 18.6 Å². The number of benzene rings is 2. The summed E-state index contributed by atoms with van der Waals surface area (Å²) >= 11 is 1.09. The van der Waals surface area contributed by atoms with Crippen LogP contribution < -0.4 is 11.2 Å². The normalized spacial score (nSPS) is 12.0. The maximum atomic E-state index is 13.6. The van der Waals surface area contributed by atoms with Crippen LogP contribution >= 0.6 is 11.8 Å². The van der Waals surface area contributed by atoms with Gasteiger partial charge in [-0.3, -0.25) is 4.79 Å². The zero-order chi connectivity index (χ0) is 19.6. The number of aryl methyl sites for hydroxylation is 1. The molecule has 2 aromatic carbocycles. The Morgan fingerprint density at radius 1 is 1.22 bits per heavy atom. The molecule has 0 saturated heterocycles. The van der Waals surface area contributed by atoms with Gasteiger partial charge in [0.2, 0.25) is 11.1 Å². The number of anilines is 1. The van der Waals surface area contributed by atoms with Crippen molar-refractivity contribution < 1.29 is 13.6 Å². The molecule has 0 aliphatic carbocycles. The van der Waals surface area contributed by atoms with Gasteiger partial charge in [-0.25, -0.2) is 13.5 Å². The van der Waals surface area contributed by atoms with Gasteiger partial charge >= 0.3 is 0 Å². The summed E-state index contributed by atoms with van der Waals surface area (Å²) in [7, 11) is 0. The molecule has 27 heavy (non-hydrogen) atoms. The number of carbonyl (C=O) groups excluding carboxylic acids is 1. The predicted molar refractivity (Wildman–Crippen MR) is 101 cm³/mol. The number of rotatable bonds is 5. The molecule has 1 amide bonds. The van der Waals surface area contributed by atoms with Gasteiger partial charge in [0.15, 0.2) is 5.82 Å². The van der Waals surface area contributed by atoms with E-state index in [9.17, 15) is 13.6 Å². The highest BCUT2D eigenvalue weighted by molar-refractivity contribution is 8.00. The Labute approximate surface area is 158 Å². The lowest BCUT2D eigenvalue weighted by atomic mass is 10.2. The summed E-state index contributed by atoms with van der Waals surface area (Å²) in [6.45, 7) is 3.31. The fraction of sp³-hybridized carbons (Fsp3) is 0.167. The predicted octanol–water partition coefficient (Wildman–Crippen LogP) is 3.36. The van der Waals surface area contributed by atoms with Crippen molar-refractivity contribution in [3.05, 3.63) is 59.7 Å². The summed E-state index contributed by atoms with van der Waals surface area (Å²) in [6.07, 6.45) is 0. The first-order valence-electron chi connectivity index (χ1n) is 8.05. The van der Waals surface area contributed by atoms with Crippen molar-refractivity contribution in [1.82, 2.24) is 14.9 Å². The van der Waals surface area contributed by atoms with Crippen LogP contribution in [-0.4, -0.2) is 26.0 Å². The van der Waals surface area contributed by atoms with E-state index in [2.05, 4.69) is 15.5 Å². The molecule has 3 rings (SSSR count). The molecule has 0 aliphatic heterocycles. The first-order chi connectivity index (χ1) is 12.8. The summed E-state index contributed by atoms with van der Waals surface area (Å²) < 4.78 is 28.2. The highest BCUT2D eigenvalue weighted by atomic mass is 32.2. The van der Waals surface area contributed by atoms with Crippen LogP contribution in [0.2, 0.25) is 0 Å². The van der Waals surface area contributed by atoms with Crippen molar-refractivity contribution in [2.45, 2.75) is 24.3 Å². The summed E-state index contributed by atoms with van der Waals surface area (Å²) in [5.41, 5.74) is 1.34. The Kier molecular flexibility index (Phi) is 5.41. The standard InChI is InChI=1S/C18H17F2N5OS/c1-10-6-7-14(9-15(10)20)22-17(26)11(2)27-18-24-23-16(25(18)21)12-4-3-5-13(19)8-12/h3-9,11H,21H2,1-2H3,(H,22,26)/t11-/m1/s1. The molecule has 140 valence electrons. The molecule has 1 atom stereocenters. The van der Waals surface area contributed by atoms with Crippen LogP contribution in [0.5, 0.6) is 0 Å². The highest BCUT2D eigenvalue weighted by Gasteiger charge is 2.20. The zero-order valence-corrected chi connectivity index (χ0v) is 15.4. The summed E-state index contributed by atoms with van der Waals surface area (Å²) in [5, 5.41) is 10.3. The Balaban J connectivity index is 1.71. The lowest BCUT2D eigenvalue weighted by molar-refractivity contribution is -0.115. The van der Waals surface area contributed by atoms with E-state index in [1.54, 1.807) is 38.1 Å². The van der Waals surface area contributed by atoms with Crippen LogP contribution in [0.3, 0.4) is 0 Å². The fourth-order valence-electron chi connectivity index (χ4n) is 2.31. The van der Waals surface area contributed by atoms with Gasteiger partial charge in [-0.2, -0.15) is 0 Å². The van der Waals surface area contributed by atoms with E-state index >= 15 is 0 Å². The highest BCUT2D eigenvalue weighted by Crippen LogP contribution is 2.26. The molecule has 0 unspecified atom stereocenters. The second-order valence-electron chi connectivity index (χ2n) is 5.90. The van der Waals surface area contributed by atoms with Crippen molar-refractivity contribution in [3.8, 4) is 11.4 Å². The number of thioether (sulfide) groups is 1.